The Bertz CT molecular complexity index is 176. The molecule has 0 aromatic heterocycles. The summed E-state index contributed by atoms with van der Waals surface area (Å²) < 4.78 is 102. The Kier molecular flexibility index (Phi) is 4.70. The van der Waals surface area contributed by atoms with Crippen molar-refractivity contribution in [2.45, 2.75) is 24.1 Å². The Morgan fingerprint density at radius 3 is 0.667 bits per heavy atom. The number of rotatable bonds is 0. The van der Waals surface area contributed by atoms with Crippen LogP contribution in [0.25, 0.3) is 0 Å². The van der Waals surface area contributed by atoms with Crippen molar-refractivity contribution in [3.63, 3.8) is 0 Å². The molecule has 0 unspecified atom stereocenters. The van der Waals surface area contributed by atoms with Gasteiger partial charge in [0.2, 0.25) is 0 Å². The Labute approximate surface area is 88.4 Å². The summed E-state index contributed by atoms with van der Waals surface area (Å²) in [5.41, 5.74) is -6.94. The van der Waals surface area contributed by atoms with Crippen molar-refractivity contribution in [1.29, 1.82) is 0 Å². The maximum atomic E-state index is 11.3. The molecule has 0 saturated carbocycles. The summed E-state index contributed by atoms with van der Waals surface area (Å²) in [4.78, 5) is 0. The fraction of sp³-hybridized carbons (Fsp3) is 1.00. The van der Waals surface area contributed by atoms with E-state index < -0.39 is 24.1 Å². The van der Waals surface area contributed by atoms with Gasteiger partial charge in [-0.3, -0.25) is 0 Å². The van der Waals surface area contributed by atoms with Gasteiger partial charge in [-0.05, 0) is 0 Å². The molecule has 0 amide bonds. The quantitative estimate of drug-likeness (QED) is 0.385. The molecule has 0 aliphatic rings. The monoisotopic (exact) mass is 242 g/mol. The zero-order chi connectivity index (χ0) is 12.0. The van der Waals surface area contributed by atoms with E-state index in [1.54, 1.807) is 0 Å². The third kappa shape index (κ3) is 2.73. The van der Waals surface area contributed by atoms with Crippen LogP contribution in [0.5, 0.6) is 0 Å². The number of hydrogen-bond acceptors (Lipinski definition) is 1. The smallest absolute Gasteiger partial charge is 0.830 e. The molecule has 0 heterocycles. The number of alkyl halides is 9. The van der Waals surface area contributed by atoms with Crippen LogP contribution in [0.2, 0.25) is 0 Å². The molecule has 0 aliphatic carbocycles. The average Bonchev–Trinajstić information content (AvgIpc) is 1.77. The van der Waals surface area contributed by atoms with Gasteiger partial charge >= 0.3 is 37.4 Å². The largest absolute Gasteiger partial charge is 1.00 e. The first kappa shape index (κ1) is 17.3. The molecule has 11 heteroatoms. The van der Waals surface area contributed by atoms with Crippen molar-refractivity contribution in [3.05, 3.63) is 0 Å². The number of hydrogen-bond donors (Lipinski definition) is 0. The van der Waals surface area contributed by atoms with E-state index in [4.69, 9.17) is 0 Å². The van der Waals surface area contributed by atoms with Crippen LogP contribution < -0.4 is 24.0 Å². The van der Waals surface area contributed by atoms with E-state index in [1.165, 1.54) is 0 Å². The van der Waals surface area contributed by atoms with E-state index in [0.29, 0.717) is 0 Å². The minimum absolute atomic E-state index is 0. The van der Waals surface area contributed by atoms with Crippen LogP contribution in [0, 0.1) is 0 Å². The van der Waals surface area contributed by atoms with Crippen molar-refractivity contribution in [3.8, 4) is 0 Å². The van der Waals surface area contributed by atoms with Crippen molar-refractivity contribution >= 4 is 0 Å². The summed E-state index contributed by atoms with van der Waals surface area (Å²) in [6.07, 6.45) is -20.9. The van der Waals surface area contributed by atoms with Crippen molar-refractivity contribution in [1.82, 2.24) is 0 Å². The Morgan fingerprint density at radius 1 is 0.533 bits per heavy atom. The first-order valence-electron chi connectivity index (χ1n) is 2.65. The van der Waals surface area contributed by atoms with Gasteiger partial charge in [0.15, 0.2) is 5.60 Å². The Balaban J connectivity index is 0. The van der Waals surface area contributed by atoms with Gasteiger partial charge in [-0.25, -0.2) is 0 Å². The second-order valence-corrected chi connectivity index (χ2v) is 2.17. The van der Waals surface area contributed by atoms with Gasteiger partial charge in [0, 0.05) is 0 Å². The van der Waals surface area contributed by atoms with Crippen molar-refractivity contribution < 1.29 is 63.5 Å². The van der Waals surface area contributed by atoms with Crippen molar-refractivity contribution in [2.24, 2.45) is 0 Å². The zero-order valence-corrected chi connectivity index (χ0v) is 6.81. The van der Waals surface area contributed by atoms with E-state index >= 15 is 0 Å². The molecule has 86 valence electrons. The molecular formula is C4F9LiO. The fourth-order valence-electron chi connectivity index (χ4n) is 0.482. The van der Waals surface area contributed by atoms with Gasteiger partial charge in [0.1, 0.15) is 0 Å². The molecule has 0 aromatic carbocycles. The van der Waals surface area contributed by atoms with Crippen LogP contribution >= 0.6 is 0 Å². The van der Waals surface area contributed by atoms with Crippen LogP contribution in [-0.2, 0) is 0 Å². The summed E-state index contributed by atoms with van der Waals surface area (Å²) in [5, 5.41) is 9.79. The standard InChI is InChI=1S/C4F9O.Li/c5-2(6,7)1(14,3(8,9)10)4(11,12)13;/q-1;+1. The maximum Gasteiger partial charge on any atom is 1.00 e. The topological polar surface area (TPSA) is 23.1 Å². The van der Waals surface area contributed by atoms with E-state index in [2.05, 4.69) is 0 Å². The third-order valence-corrected chi connectivity index (χ3v) is 1.20. The van der Waals surface area contributed by atoms with Crippen LogP contribution in [-0.4, -0.2) is 24.1 Å². The SMILES string of the molecule is [Li+].[O-]C(C(F)(F)F)(C(F)(F)F)C(F)(F)F. The predicted octanol–water partition coefficient (Wildman–Crippen LogP) is -1.22. The molecule has 0 saturated heterocycles. The van der Waals surface area contributed by atoms with Gasteiger partial charge in [-0.15, -0.1) is 0 Å². The van der Waals surface area contributed by atoms with E-state index in [9.17, 15) is 44.6 Å². The van der Waals surface area contributed by atoms with Crippen LogP contribution in [0.1, 0.15) is 0 Å². The van der Waals surface area contributed by atoms with Gasteiger partial charge in [-0.1, -0.05) is 0 Å². The number of halogens is 9. The molecular weight excluding hydrogens is 242 g/mol. The molecule has 0 rings (SSSR count). The zero-order valence-electron chi connectivity index (χ0n) is 6.81. The molecule has 15 heavy (non-hydrogen) atoms. The van der Waals surface area contributed by atoms with Crippen LogP contribution in [0.15, 0.2) is 0 Å². The molecule has 0 fully saturated rings. The first-order chi connectivity index (χ1) is 5.75. The molecule has 0 radical (unpaired) electrons. The van der Waals surface area contributed by atoms with E-state index in [1.807, 2.05) is 0 Å². The second-order valence-electron chi connectivity index (χ2n) is 2.17. The third-order valence-electron chi connectivity index (χ3n) is 1.20. The summed E-state index contributed by atoms with van der Waals surface area (Å²) in [5.74, 6) is 0. The molecule has 0 spiro atoms. The molecule has 0 aromatic rings. The molecule has 0 N–H and O–H groups in total. The second kappa shape index (κ2) is 4.07. The van der Waals surface area contributed by atoms with Gasteiger partial charge in [-0.2, -0.15) is 39.5 Å². The van der Waals surface area contributed by atoms with Crippen LogP contribution in [0.3, 0.4) is 0 Å². The summed E-state index contributed by atoms with van der Waals surface area (Å²) >= 11 is 0. The van der Waals surface area contributed by atoms with Gasteiger partial charge in [0.25, 0.3) is 0 Å². The predicted molar refractivity (Wildman–Crippen MR) is 20.9 cm³/mol. The fourth-order valence-corrected chi connectivity index (χ4v) is 0.482. The maximum absolute atomic E-state index is 11.3. The molecule has 0 atom stereocenters. The molecule has 1 nitrogen and oxygen atoms in total. The molecule has 0 bridgehead atoms. The summed E-state index contributed by atoms with van der Waals surface area (Å²) in [6.45, 7) is 0. The first-order valence-corrected chi connectivity index (χ1v) is 2.65. The normalized spacial score (nSPS) is 14.8. The van der Waals surface area contributed by atoms with Gasteiger partial charge < -0.3 is 5.11 Å². The summed E-state index contributed by atoms with van der Waals surface area (Å²) in [7, 11) is 0. The summed E-state index contributed by atoms with van der Waals surface area (Å²) in [6, 6.07) is 0. The van der Waals surface area contributed by atoms with Crippen LogP contribution in [0.4, 0.5) is 39.5 Å². The Morgan fingerprint density at radius 2 is 0.667 bits per heavy atom. The molecule has 0 aliphatic heterocycles. The minimum atomic E-state index is -6.98. The Hall–Kier alpha value is -0.0726. The average molecular weight is 242 g/mol. The van der Waals surface area contributed by atoms with Crippen molar-refractivity contribution in [2.75, 3.05) is 0 Å². The van der Waals surface area contributed by atoms with Gasteiger partial charge in [0.05, 0.1) is 0 Å². The minimum Gasteiger partial charge on any atom is -0.830 e. The van der Waals surface area contributed by atoms with E-state index in [0.717, 1.165) is 0 Å². The van der Waals surface area contributed by atoms with E-state index in [-0.39, 0.29) is 18.9 Å².